The maximum atomic E-state index is 12.6. The van der Waals surface area contributed by atoms with Crippen molar-refractivity contribution in [2.45, 2.75) is 51.9 Å². The molecule has 0 bridgehead atoms. The lowest BCUT2D eigenvalue weighted by Gasteiger charge is -2.41. The van der Waals surface area contributed by atoms with Gasteiger partial charge in [-0.05, 0) is 27.2 Å². The number of piperazine rings is 1. The van der Waals surface area contributed by atoms with Crippen molar-refractivity contribution in [2.24, 2.45) is 0 Å². The minimum absolute atomic E-state index is 0.116. The Bertz CT molecular complexity index is 599. The molecule has 0 N–H and O–H groups in total. The van der Waals surface area contributed by atoms with Crippen LogP contribution in [-0.4, -0.2) is 52.2 Å². The van der Waals surface area contributed by atoms with E-state index in [0.29, 0.717) is 26.1 Å². The number of carbonyl (C=O) groups excluding carboxylic acids is 1. The van der Waals surface area contributed by atoms with E-state index in [9.17, 15) is 18.0 Å². The maximum absolute atomic E-state index is 12.6. The lowest BCUT2D eigenvalue weighted by atomic mass is 10.1. The molecule has 1 saturated heterocycles. The fourth-order valence-corrected chi connectivity index (χ4v) is 2.58. The number of rotatable bonds is 2. The molecule has 9 heteroatoms. The molecule has 1 amide bonds. The van der Waals surface area contributed by atoms with Crippen molar-refractivity contribution >= 4 is 12.0 Å². The largest absolute Gasteiger partial charge is 0.444 e. The number of aromatic nitrogens is 2. The Kier molecular flexibility index (Phi) is 5.43. The second-order valence-corrected chi connectivity index (χ2v) is 6.95. The van der Waals surface area contributed by atoms with Crippen molar-refractivity contribution in [2.75, 3.05) is 24.5 Å². The molecule has 0 aliphatic carbocycles. The van der Waals surface area contributed by atoms with Crippen molar-refractivity contribution in [3.05, 3.63) is 18.0 Å². The topological polar surface area (TPSA) is 58.6 Å². The molecule has 140 valence electrons. The minimum atomic E-state index is -4.46. The summed E-state index contributed by atoms with van der Waals surface area (Å²) in [6, 6.07) is -0.116. The molecule has 0 radical (unpaired) electrons. The van der Waals surface area contributed by atoms with Crippen LogP contribution in [0.4, 0.5) is 23.9 Å². The Morgan fingerprint density at radius 1 is 1.24 bits per heavy atom. The Morgan fingerprint density at radius 3 is 2.32 bits per heavy atom. The van der Waals surface area contributed by atoms with Crippen LogP contribution in [0.1, 0.15) is 39.7 Å². The van der Waals surface area contributed by atoms with E-state index in [1.54, 1.807) is 30.6 Å². The quantitative estimate of drug-likeness (QED) is 0.810. The van der Waals surface area contributed by atoms with E-state index in [-0.39, 0.29) is 18.1 Å². The molecule has 1 aliphatic rings. The summed E-state index contributed by atoms with van der Waals surface area (Å²) in [5, 5.41) is 0. The van der Waals surface area contributed by atoms with Crippen molar-refractivity contribution in [1.29, 1.82) is 0 Å². The molecule has 1 atom stereocenters. The number of alkyl halides is 3. The smallest absolute Gasteiger partial charge is 0.419 e. The van der Waals surface area contributed by atoms with Crippen LogP contribution in [0.2, 0.25) is 0 Å². The van der Waals surface area contributed by atoms with Gasteiger partial charge in [0.2, 0.25) is 5.95 Å². The average molecular weight is 360 g/mol. The van der Waals surface area contributed by atoms with Crippen LogP contribution >= 0.6 is 0 Å². The summed E-state index contributed by atoms with van der Waals surface area (Å²) in [4.78, 5) is 23.4. The highest BCUT2D eigenvalue weighted by Crippen LogP contribution is 2.28. The van der Waals surface area contributed by atoms with Crippen LogP contribution in [0.25, 0.3) is 0 Å². The first-order chi connectivity index (χ1) is 11.5. The summed E-state index contributed by atoms with van der Waals surface area (Å²) in [6.07, 6.45) is -2.59. The second kappa shape index (κ2) is 7.05. The molecular formula is C16H23F3N4O2. The summed E-state index contributed by atoms with van der Waals surface area (Å²) in [5.41, 5.74) is -1.46. The first-order valence-electron chi connectivity index (χ1n) is 8.15. The highest BCUT2D eigenvalue weighted by atomic mass is 19.4. The first kappa shape index (κ1) is 19.3. The molecule has 0 aromatic carbocycles. The number of halogens is 3. The number of hydrogen-bond acceptors (Lipinski definition) is 5. The zero-order valence-corrected chi connectivity index (χ0v) is 14.8. The van der Waals surface area contributed by atoms with Gasteiger partial charge in [-0.3, -0.25) is 0 Å². The van der Waals surface area contributed by atoms with Crippen LogP contribution in [0.5, 0.6) is 0 Å². The van der Waals surface area contributed by atoms with E-state index in [0.717, 1.165) is 12.4 Å². The van der Waals surface area contributed by atoms with Crippen LogP contribution in [-0.2, 0) is 10.9 Å². The summed E-state index contributed by atoms with van der Waals surface area (Å²) in [5.74, 6) is 0.232. The third-order valence-electron chi connectivity index (χ3n) is 3.83. The Labute approximate surface area is 145 Å². The predicted octanol–water partition coefficient (Wildman–Crippen LogP) is 3.33. The summed E-state index contributed by atoms with van der Waals surface area (Å²) >= 11 is 0. The van der Waals surface area contributed by atoms with Gasteiger partial charge in [0.15, 0.2) is 0 Å². The third kappa shape index (κ3) is 4.96. The monoisotopic (exact) mass is 360 g/mol. The van der Waals surface area contributed by atoms with Gasteiger partial charge in [-0.1, -0.05) is 6.92 Å². The van der Waals surface area contributed by atoms with Gasteiger partial charge < -0.3 is 14.5 Å². The van der Waals surface area contributed by atoms with E-state index in [1.165, 1.54) is 0 Å². The first-order valence-corrected chi connectivity index (χ1v) is 8.15. The van der Waals surface area contributed by atoms with Crippen molar-refractivity contribution in [1.82, 2.24) is 14.9 Å². The van der Waals surface area contributed by atoms with Crippen molar-refractivity contribution < 1.29 is 22.7 Å². The van der Waals surface area contributed by atoms with Gasteiger partial charge in [-0.2, -0.15) is 13.2 Å². The van der Waals surface area contributed by atoms with E-state index in [2.05, 4.69) is 9.97 Å². The molecule has 25 heavy (non-hydrogen) atoms. The zero-order valence-electron chi connectivity index (χ0n) is 14.8. The Hall–Kier alpha value is -2.06. The predicted molar refractivity (Wildman–Crippen MR) is 86.3 cm³/mol. The molecular weight excluding hydrogens is 337 g/mol. The number of anilines is 1. The van der Waals surface area contributed by atoms with Crippen molar-refractivity contribution in [3.63, 3.8) is 0 Å². The van der Waals surface area contributed by atoms with Crippen molar-refractivity contribution in [3.8, 4) is 0 Å². The fourth-order valence-electron chi connectivity index (χ4n) is 2.58. The molecule has 1 fully saturated rings. The van der Waals surface area contributed by atoms with E-state index in [4.69, 9.17) is 4.74 Å². The summed E-state index contributed by atoms with van der Waals surface area (Å²) in [7, 11) is 0. The van der Waals surface area contributed by atoms with Gasteiger partial charge >= 0.3 is 12.3 Å². The Morgan fingerprint density at radius 2 is 1.84 bits per heavy atom. The lowest BCUT2D eigenvalue weighted by Crippen LogP contribution is -2.56. The summed E-state index contributed by atoms with van der Waals surface area (Å²) in [6.45, 7) is 8.63. The maximum Gasteiger partial charge on any atom is 0.419 e. The average Bonchev–Trinajstić information content (AvgIpc) is 2.52. The molecule has 1 aliphatic heterocycles. The highest BCUT2D eigenvalue weighted by molar-refractivity contribution is 5.69. The van der Waals surface area contributed by atoms with E-state index < -0.39 is 17.3 Å². The zero-order chi connectivity index (χ0) is 18.8. The van der Waals surface area contributed by atoms with Crippen LogP contribution < -0.4 is 4.90 Å². The third-order valence-corrected chi connectivity index (χ3v) is 3.83. The number of carbonyl (C=O) groups is 1. The number of nitrogens with zero attached hydrogens (tertiary/aromatic N) is 4. The summed E-state index contributed by atoms with van der Waals surface area (Å²) < 4.78 is 43.2. The molecule has 0 saturated carbocycles. The number of hydrogen-bond donors (Lipinski definition) is 0. The van der Waals surface area contributed by atoms with Crippen LogP contribution in [0.3, 0.4) is 0 Å². The standard InChI is InChI=1S/C16H23F3N4O2/c1-5-12-10-22(6-7-23(12)14(24)25-15(2,3)4)13-20-8-11(9-21-13)16(17,18)19/h8-9,12H,5-7,10H2,1-4H3/t12-/m0/s1. The van der Waals surface area contributed by atoms with Gasteiger partial charge in [0.25, 0.3) is 0 Å². The van der Waals surface area contributed by atoms with Crippen LogP contribution in [0, 0.1) is 0 Å². The van der Waals surface area contributed by atoms with Crippen LogP contribution in [0.15, 0.2) is 12.4 Å². The minimum Gasteiger partial charge on any atom is -0.444 e. The number of amides is 1. The van der Waals surface area contributed by atoms with Gasteiger partial charge in [0, 0.05) is 32.0 Å². The molecule has 2 heterocycles. The molecule has 2 rings (SSSR count). The lowest BCUT2D eigenvalue weighted by molar-refractivity contribution is -0.138. The van der Waals surface area contributed by atoms with E-state index in [1.807, 2.05) is 6.92 Å². The second-order valence-electron chi connectivity index (χ2n) is 6.95. The SMILES string of the molecule is CC[C@H]1CN(c2ncc(C(F)(F)F)cn2)CCN1C(=O)OC(C)(C)C. The molecule has 0 spiro atoms. The van der Waals surface area contributed by atoms with E-state index >= 15 is 0 Å². The molecule has 1 aromatic heterocycles. The number of ether oxygens (including phenoxy) is 1. The van der Waals surface area contributed by atoms with Gasteiger partial charge in [-0.15, -0.1) is 0 Å². The highest BCUT2D eigenvalue weighted by Gasteiger charge is 2.34. The molecule has 6 nitrogen and oxygen atoms in total. The molecule has 0 unspecified atom stereocenters. The normalized spacial score (nSPS) is 19.1. The fraction of sp³-hybridized carbons (Fsp3) is 0.688. The Balaban J connectivity index is 2.07. The van der Waals surface area contributed by atoms with Gasteiger partial charge in [-0.25, -0.2) is 14.8 Å². The molecule has 1 aromatic rings. The van der Waals surface area contributed by atoms with Gasteiger partial charge in [0.05, 0.1) is 11.6 Å². The van der Waals surface area contributed by atoms with Gasteiger partial charge in [0.1, 0.15) is 5.60 Å².